The molecule has 0 saturated heterocycles. The molecule has 0 bridgehead atoms. The van der Waals surface area contributed by atoms with Crippen LogP contribution in [0.2, 0.25) is 0 Å². The summed E-state index contributed by atoms with van der Waals surface area (Å²) in [6.45, 7) is 4.80. The summed E-state index contributed by atoms with van der Waals surface area (Å²) in [6, 6.07) is 9.58. The SMILES string of the molecule is CC1CCCCC1N(C)CC1CNc2ccccc2C1. The topological polar surface area (TPSA) is 15.3 Å². The molecule has 1 aliphatic carbocycles. The maximum Gasteiger partial charge on any atom is 0.0372 e. The number of nitrogens with zero attached hydrogens (tertiary/aromatic N) is 1. The van der Waals surface area contributed by atoms with E-state index in [-0.39, 0.29) is 0 Å². The quantitative estimate of drug-likeness (QED) is 0.901. The van der Waals surface area contributed by atoms with Gasteiger partial charge in [-0.25, -0.2) is 0 Å². The summed E-state index contributed by atoms with van der Waals surface area (Å²) < 4.78 is 0. The second-order valence-corrected chi connectivity index (χ2v) is 6.88. The van der Waals surface area contributed by atoms with E-state index in [9.17, 15) is 0 Å². The monoisotopic (exact) mass is 272 g/mol. The highest BCUT2D eigenvalue weighted by molar-refractivity contribution is 5.53. The van der Waals surface area contributed by atoms with Gasteiger partial charge >= 0.3 is 0 Å². The Morgan fingerprint density at radius 3 is 2.85 bits per heavy atom. The van der Waals surface area contributed by atoms with E-state index in [2.05, 4.69) is 48.5 Å². The molecule has 1 aromatic rings. The third-order valence-corrected chi connectivity index (χ3v) is 5.29. The van der Waals surface area contributed by atoms with Crippen LogP contribution in [0.5, 0.6) is 0 Å². The average molecular weight is 272 g/mol. The summed E-state index contributed by atoms with van der Waals surface area (Å²) in [5.74, 6) is 1.63. The lowest BCUT2D eigenvalue weighted by Gasteiger charge is -2.39. The van der Waals surface area contributed by atoms with Gasteiger partial charge in [-0.3, -0.25) is 0 Å². The van der Waals surface area contributed by atoms with Crippen molar-refractivity contribution in [3.05, 3.63) is 29.8 Å². The first kappa shape index (κ1) is 13.9. The summed E-state index contributed by atoms with van der Waals surface area (Å²) in [5.41, 5.74) is 2.84. The molecule has 2 heteroatoms. The van der Waals surface area contributed by atoms with Gasteiger partial charge in [-0.2, -0.15) is 0 Å². The van der Waals surface area contributed by atoms with Crippen LogP contribution in [-0.2, 0) is 6.42 Å². The number of para-hydroxylation sites is 1. The average Bonchev–Trinajstić information content (AvgIpc) is 2.47. The lowest BCUT2D eigenvalue weighted by Crippen LogP contribution is -2.43. The molecule has 0 radical (unpaired) electrons. The molecule has 110 valence electrons. The van der Waals surface area contributed by atoms with Crippen molar-refractivity contribution in [2.75, 3.05) is 25.5 Å². The van der Waals surface area contributed by atoms with Crippen LogP contribution in [0.3, 0.4) is 0 Å². The van der Waals surface area contributed by atoms with E-state index < -0.39 is 0 Å². The molecule has 2 aliphatic rings. The van der Waals surface area contributed by atoms with Crippen molar-refractivity contribution in [2.24, 2.45) is 11.8 Å². The van der Waals surface area contributed by atoms with E-state index in [0.717, 1.165) is 24.4 Å². The fourth-order valence-electron chi connectivity index (χ4n) is 4.13. The number of hydrogen-bond donors (Lipinski definition) is 1. The van der Waals surface area contributed by atoms with Crippen LogP contribution in [0.1, 0.15) is 38.2 Å². The van der Waals surface area contributed by atoms with Gasteiger partial charge in [-0.05, 0) is 49.8 Å². The zero-order valence-electron chi connectivity index (χ0n) is 12.9. The molecular formula is C18H28N2. The van der Waals surface area contributed by atoms with Gasteiger partial charge in [-0.1, -0.05) is 38.0 Å². The van der Waals surface area contributed by atoms with Crippen LogP contribution < -0.4 is 5.32 Å². The molecule has 1 heterocycles. The highest BCUT2D eigenvalue weighted by Crippen LogP contribution is 2.29. The number of hydrogen-bond acceptors (Lipinski definition) is 2. The first-order chi connectivity index (χ1) is 9.74. The second kappa shape index (κ2) is 6.17. The molecule has 1 aliphatic heterocycles. The molecule has 0 aromatic heterocycles. The van der Waals surface area contributed by atoms with Crippen LogP contribution in [0.15, 0.2) is 24.3 Å². The third kappa shape index (κ3) is 3.01. The Balaban J connectivity index is 1.59. The van der Waals surface area contributed by atoms with Gasteiger partial charge in [0, 0.05) is 24.8 Å². The van der Waals surface area contributed by atoms with Gasteiger partial charge in [0.2, 0.25) is 0 Å². The molecule has 2 nitrogen and oxygen atoms in total. The van der Waals surface area contributed by atoms with Crippen LogP contribution in [0.4, 0.5) is 5.69 Å². The highest BCUT2D eigenvalue weighted by Gasteiger charge is 2.27. The van der Waals surface area contributed by atoms with Crippen molar-refractivity contribution < 1.29 is 0 Å². The smallest absolute Gasteiger partial charge is 0.0372 e. The maximum atomic E-state index is 3.61. The molecule has 3 unspecified atom stereocenters. The van der Waals surface area contributed by atoms with Gasteiger partial charge in [0.05, 0.1) is 0 Å². The Hall–Kier alpha value is -1.02. The summed E-state index contributed by atoms with van der Waals surface area (Å²) in [7, 11) is 2.34. The van der Waals surface area contributed by atoms with E-state index in [1.165, 1.54) is 49.9 Å². The summed E-state index contributed by atoms with van der Waals surface area (Å²) >= 11 is 0. The van der Waals surface area contributed by atoms with Crippen LogP contribution >= 0.6 is 0 Å². The molecule has 3 atom stereocenters. The molecule has 0 spiro atoms. The zero-order chi connectivity index (χ0) is 13.9. The van der Waals surface area contributed by atoms with Crippen molar-refractivity contribution in [1.29, 1.82) is 0 Å². The lowest BCUT2D eigenvalue weighted by atomic mass is 9.84. The fourth-order valence-corrected chi connectivity index (χ4v) is 4.13. The minimum Gasteiger partial charge on any atom is -0.384 e. The lowest BCUT2D eigenvalue weighted by molar-refractivity contribution is 0.123. The molecule has 1 fully saturated rings. The van der Waals surface area contributed by atoms with Crippen molar-refractivity contribution in [3.8, 4) is 0 Å². The van der Waals surface area contributed by atoms with Gasteiger partial charge in [0.25, 0.3) is 0 Å². The minimum atomic E-state index is 0.754. The van der Waals surface area contributed by atoms with Crippen LogP contribution in [0, 0.1) is 11.8 Å². The molecule has 20 heavy (non-hydrogen) atoms. The standard InChI is InChI=1S/C18H28N2/c1-14-7-3-6-10-18(14)20(2)13-15-11-16-8-4-5-9-17(16)19-12-15/h4-5,8-9,14-15,18-19H,3,6-7,10-13H2,1-2H3. The van der Waals surface area contributed by atoms with E-state index in [1.807, 2.05) is 0 Å². The van der Waals surface area contributed by atoms with Crippen molar-refractivity contribution >= 4 is 5.69 Å². The number of nitrogens with one attached hydrogen (secondary N) is 1. The van der Waals surface area contributed by atoms with Gasteiger partial charge in [0.1, 0.15) is 0 Å². The molecule has 0 amide bonds. The number of anilines is 1. The molecule has 1 aromatic carbocycles. The summed E-state index contributed by atoms with van der Waals surface area (Å²) in [6.07, 6.45) is 6.90. The normalized spacial score (nSPS) is 29.9. The zero-order valence-corrected chi connectivity index (χ0v) is 12.9. The van der Waals surface area contributed by atoms with E-state index in [4.69, 9.17) is 0 Å². The first-order valence-corrected chi connectivity index (χ1v) is 8.26. The largest absolute Gasteiger partial charge is 0.384 e. The van der Waals surface area contributed by atoms with E-state index in [0.29, 0.717) is 0 Å². The van der Waals surface area contributed by atoms with Crippen molar-refractivity contribution in [3.63, 3.8) is 0 Å². The number of fused-ring (bicyclic) bond motifs is 1. The van der Waals surface area contributed by atoms with Gasteiger partial charge in [-0.15, -0.1) is 0 Å². The van der Waals surface area contributed by atoms with E-state index >= 15 is 0 Å². The van der Waals surface area contributed by atoms with Crippen LogP contribution in [0.25, 0.3) is 0 Å². The van der Waals surface area contributed by atoms with Gasteiger partial charge < -0.3 is 10.2 Å². The molecule has 1 N–H and O–H groups in total. The Labute approximate surface area is 123 Å². The molecular weight excluding hydrogens is 244 g/mol. The third-order valence-electron chi connectivity index (χ3n) is 5.29. The Bertz CT molecular complexity index is 443. The van der Waals surface area contributed by atoms with Crippen molar-refractivity contribution in [1.82, 2.24) is 4.90 Å². The number of rotatable bonds is 3. The van der Waals surface area contributed by atoms with Crippen molar-refractivity contribution in [2.45, 2.75) is 45.1 Å². The predicted molar refractivity (Wildman–Crippen MR) is 86.2 cm³/mol. The molecule has 3 rings (SSSR count). The highest BCUT2D eigenvalue weighted by atomic mass is 15.1. The Morgan fingerprint density at radius 1 is 1.20 bits per heavy atom. The Kier molecular flexibility index (Phi) is 4.30. The summed E-state index contributed by atoms with van der Waals surface area (Å²) in [4.78, 5) is 2.64. The minimum absolute atomic E-state index is 0.754. The second-order valence-electron chi connectivity index (χ2n) is 6.88. The molecule has 1 saturated carbocycles. The van der Waals surface area contributed by atoms with E-state index in [1.54, 1.807) is 0 Å². The fraction of sp³-hybridized carbons (Fsp3) is 0.667. The predicted octanol–water partition coefficient (Wildman–Crippen LogP) is 3.78. The Morgan fingerprint density at radius 2 is 2.00 bits per heavy atom. The van der Waals surface area contributed by atoms with Crippen LogP contribution in [-0.4, -0.2) is 31.1 Å². The number of benzene rings is 1. The van der Waals surface area contributed by atoms with Gasteiger partial charge in [0.15, 0.2) is 0 Å². The summed E-state index contributed by atoms with van der Waals surface area (Å²) in [5, 5.41) is 3.61. The maximum absolute atomic E-state index is 3.61. The first-order valence-electron chi connectivity index (χ1n) is 8.26.